The molecule has 2 aromatic carbocycles. The summed E-state index contributed by atoms with van der Waals surface area (Å²) in [5.41, 5.74) is 2.78. The zero-order chi connectivity index (χ0) is 14.2. The summed E-state index contributed by atoms with van der Waals surface area (Å²) in [6.45, 7) is 4.32. The highest BCUT2D eigenvalue weighted by Gasteiger charge is 2.13. The maximum atomic E-state index is 3.66. The average Bonchev–Trinajstić information content (AvgIpc) is 2.49. The SMILES string of the molecule is CCCNCC(Cc1ccccc1Br)c1ccccc1. The van der Waals surface area contributed by atoms with Gasteiger partial charge in [0.1, 0.15) is 0 Å². The van der Waals surface area contributed by atoms with Crippen LogP contribution < -0.4 is 5.32 Å². The van der Waals surface area contributed by atoms with Gasteiger partial charge in [-0.05, 0) is 36.6 Å². The molecule has 0 saturated heterocycles. The summed E-state index contributed by atoms with van der Waals surface area (Å²) in [6.07, 6.45) is 2.23. The van der Waals surface area contributed by atoms with Gasteiger partial charge in [-0.3, -0.25) is 0 Å². The van der Waals surface area contributed by atoms with Gasteiger partial charge in [-0.1, -0.05) is 71.4 Å². The monoisotopic (exact) mass is 331 g/mol. The molecular weight excluding hydrogens is 310 g/mol. The Hall–Kier alpha value is -1.12. The van der Waals surface area contributed by atoms with E-state index in [1.807, 2.05) is 0 Å². The molecule has 0 aromatic heterocycles. The fraction of sp³-hybridized carbons (Fsp3) is 0.333. The molecule has 0 fully saturated rings. The molecule has 1 N–H and O–H groups in total. The molecule has 20 heavy (non-hydrogen) atoms. The second-order valence-corrected chi connectivity index (χ2v) is 5.96. The van der Waals surface area contributed by atoms with Crippen molar-refractivity contribution in [2.45, 2.75) is 25.7 Å². The summed E-state index contributed by atoms with van der Waals surface area (Å²) in [5.74, 6) is 0.515. The van der Waals surface area contributed by atoms with Gasteiger partial charge in [0.15, 0.2) is 0 Å². The molecular formula is C18H22BrN. The van der Waals surface area contributed by atoms with Crippen LogP contribution in [-0.4, -0.2) is 13.1 Å². The van der Waals surface area contributed by atoms with Gasteiger partial charge in [0, 0.05) is 16.9 Å². The van der Waals surface area contributed by atoms with Gasteiger partial charge in [-0.2, -0.15) is 0 Å². The molecule has 1 nitrogen and oxygen atoms in total. The Morgan fingerprint density at radius 1 is 1.00 bits per heavy atom. The summed E-state index contributed by atoms with van der Waals surface area (Å²) >= 11 is 3.66. The molecule has 0 amide bonds. The number of benzene rings is 2. The summed E-state index contributed by atoms with van der Waals surface area (Å²) < 4.78 is 1.21. The van der Waals surface area contributed by atoms with Crippen LogP contribution in [-0.2, 0) is 6.42 Å². The highest BCUT2D eigenvalue weighted by molar-refractivity contribution is 9.10. The lowest BCUT2D eigenvalue weighted by atomic mass is 9.92. The smallest absolute Gasteiger partial charge is 0.0207 e. The lowest BCUT2D eigenvalue weighted by molar-refractivity contribution is 0.576. The summed E-state index contributed by atoms with van der Waals surface area (Å²) in [4.78, 5) is 0. The van der Waals surface area contributed by atoms with Crippen molar-refractivity contribution in [2.75, 3.05) is 13.1 Å². The molecule has 0 heterocycles. The third-order valence-electron chi connectivity index (χ3n) is 3.51. The maximum Gasteiger partial charge on any atom is 0.0207 e. The lowest BCUT2D eigenvalue weighted by Crippen LogP contribution is -2.23. The number of nitrogens with one attached hydrogen (secondary N) is 1. The zero-order valence-corrected chi connectivity index (χ0v) is 13.6. The van der Waals surface area contributed by atoms with Crippen molar-refractivity contribution in [3.05, 3.63) is 70.2 Å². The molecule has 0 bridgehead atoms. The van der Waals surface area contributed by atoms with Gasteiger partial charge in [0.2, 0.25) is 0 Å². The van der Waals surface area contributed by atoms with E-state index in [0.717, 1.165) is 19.5 Å². The number of hydrogen-bond donors (Lipinski definition) is 1. The molecule has 0 aliphatic rings. The van der Waals surface area contributed by atoms with Crippen LogP contribution in [0.15, 0.2) is 59.1 Å². The van der Waals surface area contributed by atoms with Crippen molar-refractivity contribution < 1.29 is 0 Å². The highest BCUT2D eigenvalue weighted by atomic mass is 79.9. The zero-order valence-electron chi connectivity index (χ0n) is 12.0. The van der Waals surface area contributed by atoms with E-state index in [0.29, 0.717) is 5.92 Å². The third kappa shape index (κ3) is 4.46. The van der Waals surface area contributed by atoms with Gasteiger partial charge in [0.25, 0.3) is 0 Å². The van der Waals surface area contributed by atoms with Crippen LogP contribution in [0.4, 0.5) is 0 Å². The Balaban J connectivity index is 2.12. The van der Waals surface area contributed by atoms with E-state index in [4.69, 9.17) is 0 Å². The van der Waals surface area contributed by atoms with Crippen molar-refractivity contribution in [1.29, 1.82) is 0 Å². The van der Waals surface area contributed by atoms with E-state index in [1.165, 1.54) is 22.0 Å². The maximum absolute atomic E-state index is 3.66. The first-order valence-corrected chi connectivity index (χ1v) is 8.09. The van der Waals surface area contributed by atoms with E-state index in [-0.39, 0.29) is 0 Å². The van der Waals surface area contributed by atoms with E-state index in [1.54, 1.807) is 0 Å². The molecule has 2 aromatic rings. The molecule has 0 aliphatic carbocycles. The largest absolute Gasteiger partial charge is 0.316 e. The minimum absolute atomic E-state index is 0.515. The molecule has 0 radical (unpaired) electrons. The van der Waals surface area contributed by atoms with Crippen LogP contribution in [0.25, 0.3) is 0 Å². The number of rotatable bonds is 7. The van der Waals surface area contributed by atoms with Crippen LogP contribution in [0, 0.1) is 0 Å². The first-order chi connectivity index (χ1) is 9.81. The van der Waals surface area contributed by atoms with Crippen molar-refractivity contribution in [3.63, 3.8) is 0 Å². The van der Waals surface area contributed by atoms with Crippen LogP contribution in [0.2, 0.25) is 0 Å². The molecule has 0 aliphatic heterocycles. The Morgan fingerprint density at radius 2 is 1.70 bits per heavy atom. The van der Waals surface area contributed by atoms with Gasteiger partial charge in [-0.25, -0.2) is 0 Å². The molecule has 2 rings (SSSR count). The fourth-order valence-electron chi connectivity index (χ4n) is 2.42. The van der Waals surface area contributed by atoms with Crippen molar-refractivity contribution in [3.8, 4) is 0 Å². The lowest BCUT2D eigenvalue weighted by Gasteiger charge is -2.19. The number of hydrogen-bond acceptors (Lipinski definition) is 1. The Morgan fingerprint density at radius 3 is 2.40 bits per heavy atom. The molecule has 0 spiro atoms. The Labute approximate surface area is 130 Å². The van der Waals surface area contributed by atoms with E-state index in [2.05, 4.69) is 82.8 Å². The molecule has 2 heteroatoms. The predicted octanol–water partition coefficient (Wildman–Crippen LogP) is 4.78. The van der Waals surface area contributed by atoms with Gasteiger partial charge in [0.05, 0.1) is 0 Å². The molecule has 1 atom stereocenters. The van der Waals surface area contributed by atoms with Gasteiger partial charge >= 0.3 is 0 Å². The first kappa shape index (κ1) is 15.3. The van der Waals surface area contributed by atoms with E-state index >= 15 is 0 Å². The minimum atomic E-state index is 0.515. The second-order valence-electron chi connectivity index (χ2n) is 5.11. The predicted molar refractivity (Wildman–Crippen MR) is 90.2 cm³/mol. The van der Waals surface area contributed by atoms with Gasteiger partial charge < -0.3 is 5.32 Å². The second kappa shape index (κ2) is 8.23. The molecule has 1 unspecified atom stereocenters. The van der Waals surface area contributed by atoms with Crippen LogP contribution >= 0.6 is 15.9 Å². The summed E-state index contributed by atoms with van der Waals surface area (Å²) in [6, 6.07) is 19.3. The topological polar surface area (TPSA) is 12.0 Å². The summed E-state index contributed by atoms with van der Waals surface area (Å²) in [5, 5.41) is 3.56. The molecule has 0 saturated carbocycles. The van der Waals surface area contributed by atoms with Crippen molar-refractivity contribution in [2.24, 2.45) is 0 Å². The number of halogens is 1. The minimum Gasteiger partial charge on any atom is -0.316 e. The average molecular weight is 332 g/mol. The van der Waals surface area contributed by atoms with Crippen LogP contribution in [0.1, 0.15) is 30.4 Å². The van der Waals surface area contributed by atoms with Crippen molar-refractivity contribution in [1.82, 2.24) is 5.32 Å². The summed E-state index contributed by atoms with van der Waals surface area (Å²) in [7, 11) is 0. The standard InChI is InChI=1S/C18H22BrN/c1-2-12-20-14-17(15-8-4-3-5-9-15)13-16-10-6-7-11-18(16)19/h3-11,17,20H,2,12-14H2,1H3. The Kier molecular flexibility index (Phi) is 6.28. The van der Waals surface area contributed by atoms with Crippen LogP contribution in [0.3, 0.4) is 0 Å². The Bertz CT molecular complexity index is 510. The fourth-order valence-corrected chi connectivity index (χ4v) is 2.86. The normalized spacial score (nSPS) is 12.3. The quantitative estimate of drug-likeness (QED) is 0.720. The van der Waals surface area contributed by atoms with Crippen LogP contribution in [0.5, 0.6) is 0 Å². The highest BCUT2D eigenvalue weighted by Crippen LogP contribution is 2.25. The first-order valence-electron chi connectivity index (χ1n) is 7.30. The van der Waals surface area contributed by atoms with E-state index in [9.17, 15) is 0 Å². The van der Waals surface area contributed by atoms with Crippen molar-refractivity contribution >= 4 is 15.9 Å². The van der Waals surface area contributed by atoms with Gasteiger partial charge in [-0.15, -0.1) is 0 Å². The van der Waals surface area contributed by atoms with E-state index < -0.39 is 0 Å². The molecule has 106 valence electrons. The third-order valence-corrected chi connectivity index (χ3v) is 4.29.